The first kappa shape index (κ1) is 38.9. The molecule has 0 saturated carbocycles. The third-order valence-corrected chi connectivity index (χ3v) is 11.3. The highest BCUT2D eigenvalue weighted by molar-refractivity contribution is 6.00. The number of aromatic nitrogens is 1. The highest BCUT2D eigenvalue weighted by Gasteiger charge is 2.27. The van der Waals surface area contributed by atoms with E-state index in [1.807, 2.05) is 12.2 Å². The van der Waals surface area contributed by atoms with Crippen LogP contribution in [0.1, 0.15) is 64.0 Å². The van der Waals surface area contributed by atoms with Crippen LogP contribution in [0.25, 0.3) is 39.0 Å². The minimum absolute atomic E-state index is 0.399. The molecule has 7 rings (SSSR count). The van der Waals surface area contributed by atoms with E-state index in [2.05, 4.69) is 206 Å². The van der Waals surface area contributed by atoms with Gasteiger partial charge in [0, 0.05) is 40.0 Å². The zero-order valence-electron chi connectivity index (χ0n) is 33.7. The molecule has 3 aromatic carbocycles. The molecule has 0 aliphatic heterocycles. The van der Waals surface area contributed by atoms with Crippen molar-refractivity contribution < 1.29 is 0 Å². The second-order valence-corrected chi connectivity index (χ2v) is 14.9. The molecule has 5 aromatic rings. The summed E-state index contributed by atoms with van der Waals surface area (Å²) in [6.07, 6.45) is 31.2. The fourth-order valence-corrected chi connectivity index (χ4v) is 8.29. The highest BCUT2D eigenvalue weighted by Crippen LogP contribution is 2.46. The average molecular weight is 743 g/mol. The molecule has 0 radical (unpaired) electrons. The molecule has 0 spiro atoms. The summed E-state index contributed by atoms with van der Waals surface area (Å²) in [7, 11) is 0. The normalized spacial score (nSPS) is 15.9. The van der Waals surface area contributed by atoms with Crippen LogP contribution in [0.15, 0.2) is 212 Å². The zero-order chi connectivity index (χ0) is 39.6. The third kappa shape index (κ3) is 8.58. The predicted octanol–water partition coefficient (Wildman–Crippen LogP) is 15.2. The molecule has 2 heterocycles. The molecule has 2 heteroatoms. The van der Waals surface area contributed by atoms with Crippen LogP contribution in [-0.4, -0.2) is 4.40 Å². The van der Waals surface area contributed by atoms with Gasteiger partial charge in [0.1, 0.15) is 0 Å². The molecule has 2 aromatic heterocycles. The molecule has 2 aliphatic carbocycles. The standard InChI is InChI=1S/C55H54N2/c1-6-9-12-23-43(7-2)44(8-3)33-32-42(5)57(49-29-21-28-46(34-37-49)45-24-13-10-14-25-45)50-38-35-48(36-39-50)55-54(51-30-18-17-22-41(51)4)53(47-26-15-11-16-27-47)52-31-19-20-40-56(52)55/h6-7,10-21,23-27,29-31,34-41,44H,1,5,8-9,22,32-33H2,2-4H3/b23-12-,43-7+. The van der Waals surface area contributed by atoms with Crippen LogP contribution < -0.4 is 4.90 Å². The molecule has 0 N–H and O–H groups in total. The van der Waals surface area contributed by atoms with Crippen molar-refractivity contribution in [3.8, 4) is 22.4 Å². The summed E-state index contributed by atoms with van der Waals surface area (Å²) in [5, 5.41) is 0. The maximum atomic E-state index is 4.76. The Hall–Kier alpha value is -6.34. The van der Waals surface area contributed by atoms with Crippen LogP contribution in [0.3, 0.4) is 0 Å². The molecule has 57 heavy (non-hydrogen) atoms. The van der Waals surface area contributed by atoms with Crippen molar-refractivity contribution in [3.05, 3.63) is 223 Å². The van der Waals surface area contributed by atoms with Crippen LogP contribution in [0, 0.1) is 11.8 Å². The average Bonchev–Trinajstić information content (AvgIpc) is 3.40. The van der Waals surface area contributed by atoms with E-state index in [1.165, 1.54) is 44.6 Å². The topological polar surface area (TPSA) is 7.65 Å². The molecular formula is C55H54N2. The van der Waals surface area contributed by atoms with Gasteiger partial charge in [-0.25, -0.2) is 0 Å². The molecule has 2 unspecified atom stereocenters. The number of anilines is 1. The van der Waals surface area contributed by atoms with E-state index in [9.17, 15) is 0 Å². The van der Waals surface area contributed by atoms with E-state index in [0.717, 1.165) is 60.3 Å². The smallest absolute Gasteiger partial charge is 0.0610 e. The van der Waals surface area contributed by atoms with Crippen LogP contribution >= 0.6 is 0 Å². The molecule has 2 nitrogen and oxygen atoms in total. The predicted molar refractivity (Wildman–Crippen MR) is 247 cm³/mol. The van der Waals surface area contributed by atoms with Crippen molar-refractivity contribution in [2.24, 2.45) is 11.8 Å². The van der Waals surface area contributed by atoms with Gasteiger partial charge in [-0.1, -0.05) is 142 Å². The number of rotatable bonds is 15. The maximum absolute atomic E-state index is 4.76. The van der Waals surface area contributed by atoms with E-state index < -0.39 is 0 Å². The van der Waals surface area contributed by atoms with Crippen LogP contribution in [0.2, 0.25) is 0 Å². The molecule has 0 saturated heterocycles. The summed E-state index contributed by atoms with van der Waals surface area (Å²) in [5.74, 6) is 0.837. The lowest BCUT2D eigenvalue weighted by atomic mass is 9.83. The van der Waals surface area contributed by atoms with Crippen molar-refractivity contribution in [2.45, 2.75) is 52.9 Å². The fraction of sp³-hybridized carbons (Fsp3) is 0.182. The fourth-order valence-electron chi connectivity index (χ4n) is 8.29. The van der Waals surface area contributed by atoms with Gasteiger partial charge in [-0.15, -0.1) is 12.3 Å². The number of hydrogen-bond donors (Lipinski definition) is 0. The summed E-state index contributed by atoms with van der Waals surface area (Å²) >= 11 is 0. The van der Waals surface area contributed by atoms with Crippen molar-refractivity contribution in [1.82, 2.24) is 4.40 Å². The lowest BCUT2D eigenvalue weighted by molar-refractivity contribution is 0.547. The lowest BCUT2D eigenvalue weighted by Crippen LogP contribution is -2.21. The molecule has 2 atom stereocenters. The first-order valence-electron chi connectivity index (χ1n) is 20.5. The Labute approximate surface area is 340 Å². The van der Waals surface area contributed by atoms with Crippen molar-refractivity contribution in [3.63, 3.8) is 0 Å². The van der Waals surface area contributed by atoms with Gasteiger partial charge in [0.2, 0.25) is 0 Å². The minimum Gasteiger partial charge on any atom is -0.315 e. The monoisotopic (exact) mass is 742 g/mol. The number of benzene rings is 3. The van der Waals surface area contributed by atoms with E-state index in [4.69, 9.17) is 6.58 Å². The highest BCUT2D eigenvalue weighted by atomic mass is 15.2. The molecule has 0 fully saturated rings. The molecular weight excluding hydrogens is 689 g/mol. The van der Waals surface area contributed by atoms with E-state index in [-0.39, 0.29) is 0 Å². The Kier molecular flexibility index (Phi) is 12.7. The van der Waals surface area contributed by atoms with E-state index >= 15 is 0 Å². The van der Waals surface area contributed by atoms with Gasteiger partial charge in [0.15, 0.2) is 0 Å². The zero-order valence-corrected chi connectivity index (χ0v) is 33.7. The SMILES string of the molecule is C=CC/C=C\C(=C/C)C(CC)CCC(=C)N(C1=CC=C=C(c2ccccc2)C=C1)c1ccc(-c2c(C3=CC=CCC3C)c(-c3ccccc3)c3ccccn23)cc1. The summed E-state index contributed by atoms with van der Waals surface area (Å²) in [5.41, 5.74) is 19.1. The number of allylic oxidation sites excluding steroid dienone is 14. The van der Waals surface area contributed by atoms with Crippen molar-refractivity contribution in [1.29, 1.82) is 0 Å². The van der Waals surface area contributed by atoms with Gasteiger partial charge >= 0.3 is 0 Å². The first-order chi connectivity index (χ1) is 28.0. The molecule has 0 amide bonds. The second kappa shape index (κ2) is 18.5. The summed E-state index contributed by atoms with van der Waals surface area (Å²) < 4.78 is 2.39. The first-order valence-corrected chi connectivity index (χ1v) is 20.5. The van der Waals surface area contributed by atoms with Crippen LogP contribution in [0.5, 0.6) is 0 Å². The Morgan fingerprint density at radius 1 is 0.877 bits per heavy atom. The third-order valence-electron chi connectivity index (χ3n) is 11.3. The summed E-state index contributed by atoms with van der Waals surface area (Å²) in [6.45, 7) is 15.4. The van der Waals surface area contributed by atoms with E-state index in [0.29, 0.717) is 11.8 Å². The molecule has 284 valence electrons. The summed E-state index contributed by atoms with van der Waals surface area (Å²) in [4.78, 5) is 2.34. The minimum atomic E-state index is 0.399. The molecule has 0 bridgehead atoms. The van der Waals surface area contributed by atoms with Gasteiger partial charge in [-0.05, 0) is 127 Å². The summed E-state index contributed by atoms with van der Waals surface area (Å²) in [6, 6.07) is 37.0. The molecule has 2 aliphatic rings. The van der Waals surface area contributed by atoms with Crippen molar-refractivity contribution in [2.75, 3.05) is 4.90 Å². The Balaban J connectivity index is 1.30. The lowest BCUT2D eigenvalue weighted by Gasteiger charge is -2.29. The van der Waals surface area contributed by atoms with Gasteiger partial charge in [-0.2, -0.15) is 0 Å². The second-order valence-electron chi connectivity index (χ2n) is 14.9. The Morgan fingerprint density at radius 3 is 2.32 bits per heavy atom. The van der Waals surface area contributed by atoms with Crippen LogP contribution in [-0.2, 0) is 0 Å². The van der Waals surface area contributed by atoms with Crippen LogP contribution in [0.4, 0.5) is 5.69 Å². The number of nitrogens with zero attached hydrogens (tertiary/aromatic N) is 2. The maximum Gasteiger partial charge on any atom is 0.0610 e. The van der Waals surface area contributed by atoms with Gasteiger partial charge in [0.05, 0.1) is 11.2 Å². The largest absolute Gasteiger partial charge is 0.315 e. The van der Waals surface area contributed by atoms with Gasteiger partial charge < -0.3 is 9.30 Å². The Morgan fingerprint density at radius 2 is 1.61 bits per heavy atom. The number of fused-ring (bicyclic) bond motifs is 1. The van der Waals surface area contributed by atoms with E-state index in [1.54, 1.807) is 0 Å². The Bertz CT molecular complexity index is 2470. The van der Waals surface area contributed by atoms with Gasteiger partial charge in [-0.3, -0.25) is 0 Å². The van der Waals surface area contributed by atoms with Gasteiger partial charge in [0.25, 0.3) is 0 Å². The number of hydrogen-bond acceptors (Lipinski definition) is 1. The van der Waals surface area contributed by atoms with Crippen molar-refractivity contribution >= 4 is 22.4 Å². The number of pyridine rings is 1. The quantitative estimate of drug-likeness (QED) is 0.0589.